The summed E-state index contributed by atoms with van der Waals surface area (Å²) >= 11 is 0. The average molecular weight is 473 g/mol. The molecule has 10 nitrogen and oxygen atoms in total. The van der Waals surface area contributed by atoms with E-state index in [-0.39, 0.29) is 18.5 Å². The number of pyridine rings is 1. The van der Waals surface area contributed by atoms with E-state index in [0.717, 1.165) is 43.5 Å². The molecule has 1 N–H and O–H groups in total. The highest BCUT2D eigenvalue weighted by Gasteiger charge is 2.35. The van der Waals surface area contributed by atoms with Gasteiger partial charge in [-0.1, -0.05) is 18.2 Å². The molecule has 2 atom stereocenters. The molecule has 0 radical (unpaired) electrons. The number of nitrogens with one attached hydrogen (secondary N) is 1. The molecule has 0 unspecified atom stereocenters. The summed E-state index contributed by atoms with van der Waals surface area (Å²) in [6.07, 6.45) is 2.97. The van der Waals surface area contributed by atoms with Crippen LogP contribution >= 0.6 is 0 Å². The number of benzene rings is 2. The molecule has 7 rings (SSSR count). The number of rotatable bonds is 5. The van der Waals surface area contributed by atoms with E-state index >= 15 is 0 Å². The van der Waals surface area contributed by atoms with E-state index in [0.29, 0.717) is 34.9 Å². The van der Waals surface area contributed by atoms with Crippen molar-refractivity contribution in [2.24, 2.45) is 0 Å². The number of fused-ring (bicyclic) bond motifs is 3. The van der Waals surface area contributed by atoms with Gasteiger partial charge in [-0.15, -0.1) is 5.10 Å². The van der Waals surface area contributed by atoms with Gasteiger partial charge < -0.3 is 24.1 Å². The molecule has 4 aromatic rings. The average Bonchev–Trinajstić information content (AvgIpc) is 3.67. The van der Waals surface area contributed by atoms with Gasteiger partial charge in [-0.2, -0.15) is 0 Å². The van der Waals surface area contributed by atoms with Crippen LogP contribution in [-0.4, -0.2) is 51.2 Å². The Hall–Kier alpha value is -3.92. The number of anilines is 1. The monoisotopic (exact) mass is 472 g/mol. The minimum absolute atomic E-state index is 0.0680. The number of tetrazole rings is 1. The van der Waals surface area contributed by atoms with E-state index in [1.807, 2.05) is 30.3 Å². The predicted octanol–water partition coefficient (Wildman–Crippen LogP) is 2.57. The first-order chi connectivity index (χ1) is 17.2. The van der Waals surface area contributed by atoms with Crippen molar-refractivity contribution in [3.05, 3.63) is 69.8 Å². The zero-order valence-electron chi connectivity index (χ0n) is 19.0. The minimum atomic E-state index is -0.464. The van der Waals surface area contributed by atoms with Gasteiger partial charge in [-0.3, -0.25) is 4.79 Å². The van der Waals surface area contributed by atoms with Crippen molar-refractivity contribution in [1.82, 2.24) is 25.2 Å². The number of hydrogen-bond acceptors (Lipinski definition) is 8. The summed E-state index contributed by atoms with van der Waals surface area (Å²) in [5.74, 6) is 1.93. The van der Waals surface area contributed by atoms with Crippen LogP contribution in [0.4, 0.5) is 5.69 Å². The molecule has 0 aliphatic carbocycles. The lowest BCUT2D eigenvalue weighted by atomic mass is 10.0. The van der Waals surface area contributed by atoms with E-state index in [1.165, 1.54) is 5.56 Å². The molecule has 0 spiro atoms. The third-order valence-electron chi connectivity index (χ3n) is 7.10. The predicted molar refractivity (Wildman–Crippen MR) is 127 cm³/mol. The number of para-hydroxylation sites is 1. The summed E-state index contributed by atoms with van der Waals surface area (Å²) in [5, 5.41) is 13.6. The molecule has 2 aromatic heterocycles. The lowest BCUT2D eigenvalue weighted by molar-refractivity contribution is 0.0924. The number of aromatic nitrogens is 5. The van der Waals surface area contributed by atoms with Gasteiger partial charge in [0, 0.05) is 35.9 Å². The van der Waals surface area contributed by atoms with Gasteiger partial charge in [0.15, 0.2) is 17.3 Å². The first kappa shape index (κ1) is 20.5. The molecule has 3 aliphatic heterocycles. The van der Waals surface area contributed by atoms with Gasteiger partial charge in [0.1, 0.15) is 6.04 Å². The zero-order chi connectivity index (χ0) is 23.4. The SMILES string of the molecule is O=c1[nH]c2cc3c(cc2cc1[C@@H](c1nnnn1C[C@H]1CCCO1)N1CCc2ccccc21)OCO3. The van der Waals surface area contributed by atoms with Crippen LogP contribution in [0, 0.1) is 0 Å². The summed E-state index contributed by atoms with van der Waals surface area (Å²) < 4.78 is 18.7. The fourth-order valence-corrected chi connectivity index (χ4v) is 5.41. The second kappa shape index (κ2) is 8.09. The normalized spacial score (nSPS) is 19.4. The molecule has 2 aromatic carbocycles. The van der Waals surface area contributed by atoms with Gasteiger partial charge in [0.05, 0.1) is 18.2 Å². The molecule has 0 saturated carbocycles. The Bertz CT molecular complexity index is 1470. The largest absolute Gasteiger partial charge is 0.454 e. The van der Waals surface area contributed by atoms with Crippen LogP contribution in [0.3, 0.4) is 0 Å². The Balaban J connectivity index is 1.39. The highest BCUT2D eigenvalue weighted by molar-refractivity contribution is 5.83. The maximum atomic E-state index is 13.5. The topological polar surface area (TPSA) is 107 Å². The third kappa shape index (κ3) is 3.44. The Morgan fingerprint density at radius 2 is 2.03 bits per heavy atom. The van der Waals surface area contributed by atoms with Crippen molar-refractivity contribution in [3.8, 4) is 11.5 Å². The molecular weight excluding hydrogens is 448 g/mol. The molecule has 5 heterocycles. The van der Waals surface area contributed by atoms with Crippen LogP contribution < -0.4 is 19.9 Å². The fourth-order valence-electron chi connectivity index (χ4n) is 5.41. The molecule has 3 aliphatic rings. The molecule has 0 bridgehead atoms. The van der Waals surface area contributed by atoms with E-state index in [4.69, 9.17) is 14.2 Å². The van der Waals surface area contributed by atoms with Crippen LogP contribution in [0.15, 0.2) is 47.3 Å². The van der Waals surface area contributed by atoms with Gasteiger partial charge in [-0.05, 0) is 53.5 Å². The molecule has 0 amide bonds. The van der Waals surface area contributed by atoms with Crippen molar-refractivity contribution >= 4 is 16.6 Å². The van der Waals surface area contributed by atoms with Crippen molar-refractivity contribution in [3.63, 3.8) is 0 Å². The zero-order valence-corrected chi connectivity index (χ0v) is 19.0. The van der Waals surface area contributed by atoms with Crippen LogP contribution in [-0.2, 0) is 17.7 Å². The third-order valence-corrected chi connectivity index (χ3v) is 7.10. The lowest BCUT2D eigenvalue weighted by Gasteiger charge is -2.29. The van der Waals surface area contributed by atoms with Gasteiger partial charge in [0.25, 0.3) is 5.56 Å². The standard InChI is InChI=1S/C25H24N6O4/c32-25-18(10-16-11-21-22(35-14-34-21)12-19(16)26-25)23(30-8-7-15-4-1-2-6-20(15)30)24-27-28-29-31(24)13-17-5-3-9-33-17/h1-2,4,6,10-12,17,23H,3,5,7-9,13-14H2,(H,26,32)/t17-,23+/m1/s1. The summed E-state index contributed by atoms with van der Waals surface area (Å²) in [6.45, 7) is 2.24. The quantitative estimate of drug-likeness (QED) is 0.472. The molecule has 35 heavy (non-hydrogen) atoms. The Kier molecular flexibility index (Phi) is 4.73. The highest BCUT2D eigenvalue weighted by atomic mass is 16.7. The first-order valence-corrected chi connectivity index (χ1v) is 11.9. The smallest absolute Gasteiger partial charge is 0.254 e. The molecular formula is C25H24N6O4. The number of hydrogen-bond donors (Lipinski definition) is 1. The molecule has 10 heteroatoms. The van der Waals surface area contributed by atoms with Crippen molar-refractivity contribution in [1.29, 1.82) is 0 Å². The minimum Gasteiger partial charge on any atom is -0.454 e. The van der Waals surface area contributed by atoms with Crippen LogP contribution in [0.1, 0.15) is 35.8 Å². The van der Waals surface area contributed by atoms with E-state index in [2.05, 4.69) is 37.5 Å². The lowest BCUT2D eigenvalue weighted by Crippen LogP contribution is -2.35. The number of H-pyrrole nitrogens is 1. The molecule has 1 fully saturated rings. The van der Waals surface area contributed by atoms with Crippen molar-refractivity contribution in [2.75, 3.05) is 24.8 Å². The number of ether oxygens (including phenoxy) is 3. The summed E-state index contributed by atoms with van der Waals surface area (Å²) in [7, 11) is 0. The first-order valence-electron chi connectivity index (χ1n) is 11.9. The van der Waals surface area contributed by atoms with Crippen molar-refractivity contribution in [2.45, 2.75) is 38.0 Å². The van der Waals surface area contributed by atoms with Crippen LogP contribution in [0.5, 0.6) is 11.5 Å². The number of nitrogens with zero attached hydrogens (tertiary/aromatic N) is 5. The van der Waals surface area contributed by atoms with Gasteiger partial charge in [0.2, 0.25) is 6.79 Å². The van der Waals surface area contributed by atoms with E-state index in [1.54, 1.807) is 4.68 Å². The maximum Gasteiger partial charge on any atom is 0.254 e. The summed E-state index contributed by atoms with van der Waals surface area (Å²) in [6, 6.07) is 13.5. The van der Waals surface area contributed by atoms with E-state index in [9.17, 15) is 4.79 Å². The summed E-state index contributed by atoms with van der Waals surface area (Å²) in [4.78, 5) is 18.8. The van der Waals surface area contributed by atoms with Gasteiger partial charge in [-0.25, -0.2) is 4.68 Å². The Morgan fingerprint density at radius 3 is 2.91 bits per heavy atom. The van der Waals surface area contributed by atoms with Crippen LogP contribution in [0.25, 0.3) is 10.9 Å². The maximum absolute atomic E-state index is 13.5. The Labute approximate surface area is 200 Å². The number of aromatic amines is 1. The van der Waals surface area contributed by atoms with Gasteiger partial charge >= 0.3 is 0 Å². The molecule has 178 valence electrons. The second-order valence-electron chi connectivity index (χ2n) is 9.18. The summed E-state index contributed by atoms with van der Waals surface area (Å²) in [5.41, 5.74) is 3.43. The van der Waals surface area contributed by atoms with E-state index < -0.39 is 6.04 Å². The van der Waals surface area contributed by atoms with Crippen LogP contribution in [0.2, 0.25) is 0 Å². The highest BCUT2D eigenvalue weighted by Crippen LogP contribution is 2.39. The second-order valence-corrected chi connectivity index (χ2v) is 9.18. The Morgan fingerprint density at radius 1 is 1.14 bits per heavy atom. The fraction of sp³-hybridized carbons (Fsp3) is 0.360. The molecule has 1 saturated heterocycles. The van der Waals surface area contributed by atoms with Crippen molar-refractivity contribution < 1.29 is 14.2 Å².